The average molecular weight is 243 g/mol. The largest absolute Gasteiger partial charge is 0.454 e. The van der Waals surface area contributed by atoms with Gasteiger partial charge in [0.2, 0.25) is 6.79 Å². The summed E-state index contributed by atoms with van der Waals surface area (Å²) in [4.78, 5) is 2.41. The Kier molecular flexibility index (Phi) is 1.82. The second-order valence-corrected chi connectivity index (χ2v) is 5.01. The fourth-order valence-electron chi connectivity index (χ4n) is 2.03. The van der Waals surface area contributed by atoms with Gasteiger partial charge in [-0.1, -0.05) is 23.9 Å². The number of nitrogens with one attached hydrogen (secondary N) is 1. The molecule has 0 atom stereocenters. The first-order chi connectivity index (χ1) is 8.40. The molecule has 2 aromatic rings. The van der Waals surface area contributed by atoms with E-state index in [1.54, 1.807) is 11.8 Å². The summed E-state index contributed by atoms with van der Waals surface area (Å²) >= 11 is 1.75. The molecule has 0 fully saturated rings. The summed E-state index contributed by atoms with van der Waals surface area (Å²) in [5, 5.41) is 3.41. The fourth-order valence-corrected chi connectivity index (χ4v) is 3.03. The Labute approximate surface area is 103 Å². The second kappa shape index (κ2) is 3.34. The Morgan fingerprint density at radius 2 is 1.76 bits per heavy atom. The molecule has 0 saturated heterocycles. The van der Waals surface area contributed by atoms with Crippen molar-refractivity contribution in [3.8, 4) is 11.5 Å². The molecule has 17 heavy (non-hydrogen) atoms. The Hall–Kier alpha value is -1.81. The molecule has 4 rings (SSSR count). The maximum atomic E-state index is 5.39. The summed E-state index contributed by atoms with van der Waals surface area (Å²) in [5.41, 5.74) is 2.22. The lowest BCUT2D eigenvalue weighted by atomic mass is 10.2. The van der Waals surface area contributed by atoms with Crippen molar-refractivity contribution in [1.29, 1.82) is 0 Å². The van der Waals surface area contributed by atoms with Crippen LogP contribution in [0.3, 0.4) is 0 Å². The Morgan fingerprint density at radius 3 is 2.71 bits per heavy atom. The quantitative estimate of drug-likeness (QED) is 0.653. The summed E-state index contributed by atoms with van der Waals surface area (Å²) in [6.07, 6.45) is 0. The lowest BCUT2D eigenvalue weighted by Crippen LogP contribution is -1.99. The summed E-state index contributed by atoms with van der Waals surface area (Å²) in [5.74, 6) is 1.65. The monoisotopic (exact) mass is 243 g/mol. The molecule has 0 aliphatic carbocycles. The van der Waals surface area contributed by atoms with Crippen molar-refractivity contribution in [2.24, 2.45) is 0 Å². The molecule has 0 saturated carbocycles. The SMILES string of the molecule is c1ccc2c(c1)Nc1cc3c(cc1S2)OCO3. The molecule has 0 radical (unpaired) electrons. The van der Waals surface area contributed by atoms with Crippen molar-refractivity contribution in [1.82, 2.24) is 0 Å². The number of hydrogen-bond donors (Lipinski definition) is 1. The van der Waals surface area contributed by atoms with Crippen LogP contribution in [0.4, 0.5) is 11.4 Å². The average Bonchev–Trinajstić information content (AvgIpc) is 2.80. The summed E-state index contributed by atoms with van der Waals surface area (Å²) in [7, 11) is 0. The van der Waals surface area contributed by atoms with Gasteiger partial charge in [0.15, 0.2) is 11.5 Å². The van der Waals surface area contributed by atoms with E-state index < -0.39 is 0 Å². The van der Waals surface area contributed by atoms with Gasteiger partial charge in [0.05, 0.1) is 11.4 Å². The topological polar surface area (TPSA) is 30.5 Å². The fraction of sp³-hybridized carbons (Fsp3) is 0.0769. The van der Waals surface area contributed by atoms with Crippen molar-refractivity contribution in [2.75, 3.05) is 12.1 Å². The first-order valence-electron chi connectivity index (χ1n) is 5.38. The molecule has 1 N–H and O–H groups in total. The van der Waals surface area contributed by atoms with Gasteiger partial charge < -0.3 is 14.8 Å². The highest BCUT2D eigenvalue weighted by Crippen LogP contribution is 2.48. The van der Waals surface area contributed by atoms with Gasteiger partial charge in [-0.05, 0) is 12.1 Å². The van der Waals surface area contributed by atoms with Gasteiger partial charge in [-0.15, -0.1) is 0 Å². The van der Waals surface area contributed by atoms with Crippen molar-refractivity contribution < 1.29 is 9.47 Å². The minimum atomic E-state index is 0.315. The van der Waals surface area contributed by atoms with Gasteiger partial charge >= 0.3 is 0 Å². The van der Waals surface area contributed by atoms with E-state index in [0.29, 0.717) is 6.79 Å². The van der Waals surface area contributed by atoms with E-state index in [-0.39, 0.29) is 0 Å². The number of para-hydroxylation sites is 1. The molecule has 2 aromatic carbocycles. The normalized spacial score (nSPS) is 14.8. The van der Waals surface area contributed by atoms with Crippen LogP contribution in [-0.2, 0) is 0 Å². The number of hydrogen-bond acceptors (Lipinski definition) is 4. The number of ether oxygens (including phenoxy) is 2. The molecule has 0 amide bonds. The van der Waals surface area contributed by atoms with Crippen LogP contribution < -0.4 is 14.8 Å². The van der Waals surface area contributed by atoms with Gasteiger partial charge in [0.1, 0.15) is 0 Å². The second-order valence-electron chi connectivity index (χ2n) is 3.92. The molecule has 0 aromatic heterocycles. The lowest BCUT2D eigenvalue weighted by molar-refractivity contribution is 0.174. The molecule has 2 heterocycles. The predicted octanol–water partition coefficient (Wildman–Crippen LogP) is 3.62. The van der Waals surface area contributed by atoms with E-state index in [2.05, 4.69) is 17.4 Å². The standard InChI is InChI=1S/C13H9NO2S/c1-2-4-12-8(3-1)14-9-5-10-11(16-7-15-10)6-13(9)17-12/h1-6,14H,7H2. The minimum Gasteiger partial charge on any atom is -0.454 e. The maximum absolute atomic E-state index is 5.39. The zero-order chi connectivity index (χ0) is 11.2. The van der Waals surface area contributed by atoms with Crippen LogP contribution in [0.25, 0.3) is 0 Å². The number of rotatable bonds is 0. The molecule has 4 heteroatoms. The highest BCUT2D eigenvalue weighted by atomic mass is 32.2. The summed E-state index contributed by atoms with van der Waals surface area (Å²) in [6.45, 7) is 0.315. The van der Waals surface area contributed by atoms with Gasteiger partial charge in [-0.25, -0.2) is 0 Å². The van der Waals surface area contributed by atoms with E-state index in [0.717, 1.165) is 22.9 Å². The molecular formula is C13H9NO2S. The summed E-state index contributed by atoms with van der Waals surface area (Å²) in [6, 6.07) is 12.3. The van der Waals surface area contributed by atoms with Crippen LogP contribution in [0, 0.1) is 0 Å². The van der Waals surface area contributed by atoms with Crippen LogP contribution in [0.2, 0.25) is 0 Å². The third-order valence-electron chi connectivity index (χ3n) is 2.85. The van der Waals surface area contributed by atoms with Gasteiger partial charge in [-0.3, -0.25) is 0 Å². The molecule has 2 aliphatic rings. The molecule has 84 valence electrons. The van der Waals surface area contributed by atoms with E-state index in [4.69, 9.17) is 9.47 Å². The molecular weight excluding hydrogens is 234 g/mol. The van der Waals surface area contributed by atoms with Crippen LogP contribution in [0.5, 0.6) is 11.5 Å². The van der Waals surface area contributed by atoms with E-state index in [1.165, 1.54) is 9.79 Å². The molecule has 0 spiro atoms. The van der Waals surface area contributed by atoms with Crippen molar-refractivity contribution in [3.05, 3.63) is 36.4 Å². The van der Waals surface area contributed by atoms with E-state index in [9.17, 15) is 0 Å². The third-order valence-corrected chi connectivity index (χ3v) is 3.98. The highest BCUT2D eigenvalue weighted by molar-refractivity contribution is 7.99. The van der Waals surface area contributed by atoms with Crippen LogP contribution in [0.15, 0.2) is 46.2 Å². The zero-order valence-electron chi connectivity index (χ0n) is 8.90. The number of fused-ring (bicyclic) bond motifs is 3. The summed E-state index contributed by atoms with van der Waals surface area (Å²) < 4.78 is 10.8. The molecule has 2 aliphatic heterocycles. The van der Waals surface area contributed by atoms with E-state index in [1.807, 2.05) is 24.3 Å². The van der Waals surface area contributed by atoms with Gasteiger partial charge in [-0.2, -0.15) is 0 Å². The first-order valence-corrected chi connectivity index (χ1v) is 6.19. The number of benzene rings is 2. The van der Waals surface area contributed by atoms with Gasteiger partial charge in [0, 0.05) is 21.9 Å². The molecule has 0 bridgehead atoms. The third kappa shape index (κ3) is 1.37. The predicted molar refractivity (Wildman–Crippen MR) is 66.4 cm³/mol. The van der Waals surface area contributed by atoms with Crippen molar-refractivity contribution in [2.45, 2.75) is 9.79 Å². The van der Waals surface area contributed by atoms with Crippen molar-refractivity contribution in [3.63, 3.8) is 0 Å². The van der Waals surface area contributed by atoms with Crippen LogP contribution in [0.1, 0.15) is 0 Å². The Morgan fingerprint density at radius 1 is 0.941 bits per heavy atom. The Bertz CT molecular complexity index is 560. The Balaban J connectivity index is 1.85. The smallest absolute Gasteiger partial charge is 0.231 e. The maximum Gasteiger partial charge on any atom is 0.231 e. The van der Waals surface area contributed by atoms with E-state index >= 15 is 0 Å². The van der Waals surface area contributed by atoms with Crippen LogP contribution in [-0.4, -0.2) is 6.79 Å². The molecule has 3 nitrogen and oxygen atoms in total. The van der Waals surface area contributed by atoms with Crippen LogP contribution >= 0.6 is 11.8 Å². The minimum absolute atomic E-state index is 0.315. The zero-order valence-corrected chi connectivity index (χ0v) is 9.71. The highest BCUT2D eigenvalue weighted by Gasteiger charge is 2.21. The lowest BCUT2D eigenvalue weighted by Gasteiger charge is -2.20. The molecule has 0 unspecified atom stereocenters. The van der Waals surface area contributed by atoms with Crippen molar-refractivity contribution >= 4 is 23.1 Å². The number of anilines is 2. The van der Waals surface area contributed by atoms with Gasteiger partial charge in [0.25, 0.3) is 0 Å². The first kappa shape index (κ1) is 9.24.